The van der Waals surface area contributed by atoms with Crippen LogP contribution in [0.25, 0.3) is 10.9 Å². The predicted octanol–water partition coefficient (Wildman–Crippen LogP) is 2.95. The highest BCUT2D eigenvalue weighted by atomic mass is 15.2. The lowest BCUT2D eigenvalue weighted by Gasteiger charge is -2.36. The molecule has 0 amide bonds. The first kappa shape index (κ1) is 12.1. The first-order valence-electron chi connectivity index (χ1n) is 7.64. The normalized spacial score (nSPS) is 21.7. The average Bonchev–Trinajstić information content (AvgIpc) is 2.62. The molecule has 0 spiro atoms. The highest BCUT2D eigenvalue weighted by Gasteiger charge is 2.31. The Kier molecular flexibility index (Phi) is 2.65. The van der Waals surface area contributed by atoms with Crippen LogP contribution in [0.2, 0.25) is 0 Å². The number of aromatic nitrogens is 3. The summed E-state index contributed by atoms with van der Waals surface area (Å²) in [5.74, 6) is 2.00. The van der Waals surface area contributed by atoms with Crippen molar-refractivity contribution in [3.8, 4) is 0 Å². The maximum atomic E-state index is 4.78. The van der Waals surface area contributed by atoms with Crippen LogP contribution in [0.1, 0.15) is 42.9 Å². The van der Waals surface area contributed by atoms with Crippen LogP contribution < -0.4 is 4.90 Å². The van der Waals surface area contributed by atoms with E-state index in [-0.39, 0.29) is 0 Å². The van der Waals surface area contributed by atoms with Gasteiger partial charge in [-0.2, -0.15) is 0 Å². The quantitative estimate of drug-likeness (QED) is 0.736. The lowest BCUT2D eigenvalue weighted by molar-refractivity contribution is 0.551. The van der Waals surface area contributed by atoms with E-state index >= 15 is 0 Å². The van der Waals surface area contributed by atoms with Crippen LogP contribution in [0.15, 0.2) is 6.07 Å². The molecule has 4 nitrogen and oxygen atoms in total. The summed E-state index contributed by atoms with van der Waals surface area (Å²) < 4.78 is 0. The largest absolute Gasteiger partial charge is 0.353 e. The second kappa shape index (κ2) is 4.40. The highest BCUT2D eigenvalue weighted by Crippen LogP contribution is 2.36. The van der Waals surface area contributed by atoms with Gasteiger partial charge in [0, 0.05) is 24.7 Å². The maximum Gasteiger partial charge on any atom is 0.142 e. The van der Waals surface area contributed by atoms with E-state index < -0.39 is 0 Å². The molecule has 0 aliphatic carbocycles. The SMILES string of the molecule is Cc1cc2nc(C)nc3c2c(n1)CC1CCCCCN31. The molecule has 0 saturated carbocycles. The molecule has 1 saturated heterocycles. The van der Waals surface area contributed by atoms with E-state index in [0.29, 0.717) is 6.04 Å². The second-order valence-electron chi connectivity index (χ2n) is 6.10. The molecule has 1 unspecified atom stereocenters. The second-order valence-corrected chi connectivity index (χ2v) is 6.10. The Morgan fingerprint density at radius 1 is 1.10 bits per heavy atom. The standard InChI is InChI=1S/C16H20N4/c1-10-8-13-15-14(17-10)9-12-6-4-3-5-7-20(12)16(15)19-11(2)18-13/h8,12H,3-7,9H2,1-2H3. The van der Waals surface area contributed by atoms with Crippen LogP contribution in [-0.4, -0.2) is 27.5 Å². The minimum atomic E-state index is 0.580. The van der Waals surface area contributed by atoms with E-state index in [9.17, 15) is 0 Å². The molecule has 4 rings (SSSR count). The average molecular weight is 268 g/mol. The van der Waals surface area contributed by atoms with Crippen LogP contribution in [0.5, 0.6) is 0 Å². The van der Waals surface area contributed by atoms with Gasteiger partial charge in [0.15, 0.2) is 0 Å². The Hall–Kier alpha value is -1.71. The Bertz CT molecular complexity index is 674. The van der Waals surface area contributed by atoms with Crippen molar-refractivity contribution in [3.05, 3.63) is 23.3 Å². The Morgan fingerprint density at radius 3 is 2.90 bits per heavy atom. The maximum absolute atomic E-state index is 4.78. The lowest BCUT2D eigenvalue weighted by atomic mass is 9.97. The minimum Gasteiger partial charge on any atom is -0.353 e. The molecule has 1 fully saturated rings. The Balaban J connectivity index is 1.99. The van der Waals surface area contributed by atoms with Gasteiger partial charge >= 0.3 is 0 Å². The number of fused-ring (bicyclic) bond motifs is 2. The molecule has 0 aromatic carbocycles. The third-order valence-corrected chi connectivity index (χ3v) is 4.55. The summed E-state index contributed by atoms with van der Waals surface area (Å²) in [6.45, 7) is 5.18. The summed E-state index contributed by atoms with van der Waals surface area (Å²) in [5, 5.41) is 1.19. The number of rotatable bonds is 0. The molecular formula is C16H20N4. The van der Waals surface area contributed by atoms with Gasteiger partial charge < -0.3 is 4.90 Å². The van der Waals surface area contributed by atoms with Gasteiger partial charge in [0.1, 0.15) is 11.6 Å². The van der Waals surface area contributed by atoms with Crippen molar-refractivity contribution in [3.63, 3.8) is 0 Å². The molecule has 0 radical (unpaired) electrons. The molecule has 1 atom stereocenters. The van der Waals surface area contributed by atoms with Crippen molar-refractivity contribution in [2.45, 2.75) is 52.0 Å². The van der Waals surface area contributed by atoms with Crippen molar-refractivity contribution < 1.29 is 0 Å². The van der Waals surface area contributed by atoms with Gasteiger partial charge in [-0.05, 0) is 32.8 Å². The van der Waals surface area contributed by atoms with E-state index in [1.54, 1.807) is 0 Å². The summed E-state index contributed by atoms with van der Waals surface area (Å²) in [6.07, 6.45) is 6.26. The molecule has 2 aliphatic heterocycles. The number of anilines is 1. The summed E-state index contributed by atoms with van der Waals surface area (Å²) in [5.41, 5.74) is 3.34. The van der Waals surface area contributed by atoms with Crippen LogP contribution in [0, 0.1) is 13.8 Å². The first-order chi connectivity index (χ1) is 9.72. The van der Waals surface area contributed by atoms with Crippen LogP contribution in [0.4, 0.5) is 5.82 Å². The van der Waals surface area contributed by atoms with Crippen LogP contribution in [0.3, 0.4) is 0 Å². The molecule has 0 bridgehead atoms. The summed E-state index contributed by atoms with van der Waals surface area (Å²) in [6, 6.07) is 2.67. The van der Waals surface area contributed by atoms with Gasteiger partial charge in [-0.15, -0.1) is 0 Å². The van der Waals surface area contributed by atoms with Crippen LogP contribution in [-0.2, 0) is 6.42 Å². The van der Waals surface area contributed by atoms with Crippen molar-refractivity contribution in [1.82, 2.24) is 15.0 Å². The third-order valence-electron chi connectivity index (χ3n) is 4.55. The van der Waals surface area contributed by atoms with E-state index in [4.69, 9.17) is 9.97 Å². The predicted molar refractivity (Wildman–Crippen MR) is 80.1 cm³/mol. The molecule has 0 N–H and O–H groups in total. The number of hydrogen-bond donors (Lipinski definition) is 0. The highest BCUT2D eigenvalue weighted by molar-refractivity contribution is 5.93. The fourth-order valence-electron chi connectivity index (χ4n) is 3.71. The molecule has 4 heteroatoms. The summed E-state index contributed by atoms with van der Waals surface area (Å²) in [7, 11) is 0. The van der Waals surface area contributed by atoms with E-state index in [1.165, 1.54) is 36.8 Å². The van der Waals surface area contributed by atoms with Gasteiger partial charge in [0.05, 0.1) is 16.6 Å². The molecule has 20 heavy (non-hydrogen) atoms. The molecular weight excluding hydrogens is 248 g/mol. The number of pyridine rings is 1. The molecule has 2 aromatic heterocycles. The molecule has 4 heterocycles. The van der Waals surface area contributed by atoms with E-state index in [0.717, 1.165) is 35.8 Å². The topological polar surface area (TPSA) is 41.9 Å². The smallest absolute Gasteiger partial charge is 0.142 e. The molecule has 104 valence electrons. The molecule has 2 aliphatic rings. The minimum absolute atomic E-state index is 0.580. The van der Waals surface area contributed by atoms with Gasteiger partial charge in [-0.3, -0.25) is 4.98 Å². The number of nitrogens with zero attached hydrogens (tertiary/aromatic N) is 4. The first-order valence-corrected chi connectivity index (χ1v) is 7.64. The van der Waals surface area contributed by atoms with Crippen LogP contribution >= 0.6 is 0 Å². The summed E-state index contributed by atoms with van der Waals surface area (Å²) >= 11 is 0. The monoisotopic (exact) mass is 268 g/mol. The van der Waals surface area contributed by atoms with Crippen molar-refractivity contribution in [2.75, 3.05) is 11.4 Å². The third kappa shape index (κ3) is 1.78. The van der Waals surface area contributed by atoms with Crippen molar-refractivity contribution in [1.29, 1.82) is 0 Å². The van der Waals surface area contributed by atoms with Gasteiger partial charge in [0.25, 0.3) is 0 Å². The molecule has 2 aromatic rings. The van der Waals surface area contributed by atoms with Gasteiger partial charge in [0.2, 0.25) is 0 Å². The van der Waals surface area contributed by atoms with E-state index in [1.807, 2.05) is 6.92 Å². The zero-order valence-corrected chi connectivity index (χ0v) is 12.2. The fraction of sp³-hybridized carbons (Fsp3) is 0.562. The fourth-order valence-corrected chi connectivity index (χ4v) is 3.71. The summed E-state index contributed by atoms with van der Waals surface area (Å²) in [4.78, 5) is 16.7. The van der Waals surface area contributed by atoms with E-state index in [2.05, 4.69) is 22.9 Å². The lowest BCUT2D eigenvalue weighted by Crippen LogP contribution is -2.40. The number of hydrogen-bond acceptors (Lipinski definition) is 4. The zero-order chi connectivity index (χ0) is 13.7. The van der Waals surface area contributed by atoms with Crippen molar-refractivity contribution >= 4 is 16.7 Å². The van der Waals surface area contributed by atoms with Gasteiger partial charge in [-0.1, -0.05) is 12.8 Å². The number of aryl methyl sites for hydroxylation is 2. The van der Waals surface area contributed by atoms with Crippen molar-refractivity contribution in [2.24, 2.45) is 0 Å². The Morgan fingerprint density at radius 2 is 2.00 bits per heavy atom. The Labute approximate surface area is 119 Å². The zero-order valence-electron chi connectivity index (χ0n) is 12.2. The van der Waals surface area contributed by atoms with Gasteiger partial charge in [-0.25, -0.2) is 9.97 Å².